The fourth-order valence-electron chi connectivity index (χ4n) is 4.11. The molecule has 4 rings (SSSR count). The van der Waals surface area contributed by atoms with E-state index in [2.05, 4.69) is 10.1 Å². The predicted molar refractivity (Wildman–Crippen MR) is 115 cm³/mol. The number of rotatable bonds is 7. The van der Waals surface area contributed by atoms with Crippen LogP contribution in [-0.2, 0) is 9.84 Å². The number of amides is 1. The first-order valence-corrected chi connectivity index (χ1v) is 11.9. The molecule has 1 amide bonds. The van der Waals surface area contributed by atoms with Gasteiger partial charge in [0.1, 0.15) is 5.75 Å². The molecule has 0 spiro atoms. The Bertz CT molecular complexity index is 1460. The minimum Gasteiger partial charge on any atom is -0.435 e. The van der Waals surface area contributed by atoms with Gasteiger partial charge < -0.3 is 10.1 Å². The molecule has 8 nitrogen and oxygen atoms in total. The van der Waals surface area contributed by atoms with Gasteiger partial charge >= 0.3 is 12.3 Å². The topological polar surface area (TPSA) is 99.4 Å². The average molecular weight is 519 g/mol. The number of ether oxygens (including phenoxy) is 1. The molecule has 1 aliphatic heterocycles. The first-order valence-electron chi connectivity index (χ1n) is 10.1. The molecule has 35 heavy (non-hydrogen) atoms. The summed E-state index contributed by atoms with van der Waals surface area (Å²) in [6, 6.07) is 8.28. The lowest BCUT2D eigenvalue weighted by Gasteiger charge is -2.38. The maximum atomic E-state index is 14.5. The van der Waals surface area contributed by atoms with Crippen LogP contribution in [0.25, 0.3) is 16.7 Å². The summed E-state index contributed by atoms with van der Waals surface area (Å²) in [5.74, 6) is -1.65. The lowest BCUT2D eigenvalue weighted by molar-refractivity contribution is -0.0498. The highest BCUT2D eigenvalue weighted by molar-refractivity contribution is 7.93. The van der Waals surface area contributed by atoms with Crippen molar-refractivity contribution in [1.82, 2.24) is 14.5 Å². The van der Waals surface area contributed by atoms with Crippen molar-refractivity contribution in [1.29, 1.82) is 0 Å². The molecule has 14 heteroatoms. The molecule has 1 N–H and O–H groups in total. The molecular formula is C21H18F5N3O5S. The fraction of sp³-hybridized carbons (Fsp3) is 0.333. The Morgan fingerprint density at radius 2 is 1.74 bits per heavy atom. The van der Waals surface area contributed by atoms with E-state index in [1.807, 2.05) is 0 Å². The molecule has 0 bridgehead atoms. The zero-order valence-corrected chi connectivity index (χ0v) is 18.7. The summed E-state index contributed by atoms with van der Waals surface area (Å²) >= 11 is 0. The van der Waals surface area contributed by atoms with E-state index < -0.39 is 46.3 Å². The number of aromatic nitrogens is 2. The number of nitrogens with zero attached hydrogens (tertiary/aromatic N) is 2. The second kappa shape index (κ2) is 8.66. The lowest BCUT2D eigenvalue weighted by Crippen LogP contribution is -2.63. The largest absolute Gasteiger partial charge is 0.435 e. The van der Waals surface area contributed by atoms with Crippen molar-refractivity contribution in [3.8, 4) is 11.4 Å². The minimum atomic E-state index is -3.59. The third kappa shape index (κ3) is 4.74. The number of fused-ring (bicyclic) bond motifs is 1. The van der Waals surface area contributed by atoms with Crippen molar-refractivity contribution < 1.29 is 39.9 Å². The number of sulfone groups is 1. The van der Waals surface area contributed by atoms with Crippen molar-refractivity contribution >= 4 is 26.8 Å². The fourth-order valence-corrected chi connectivity index (χ4v) is 6.11. The van der Waals surface area contributed by atoms with E-state index in [0.29, 0.717) is 0 Å². The van der Waals surface area contributed by atoms with Gasteiger partial charge in [0, 0.05) is 11.6 Å². The average Bonchev–Trinajstić information content (AvgIpc) is 3.01. The Hall–Kier alpha value is -3.42. The summed E-state index contributed by atoms with van der Waals surface area (Å²) in [7, 11) is -3.28. The molecule has 1 atom stereocenters. The third-order valence-corrected chi connectivity index (χ3v) is 7.54. The second-order valence-electron chi connectivity index (χ2n) is 8.32. The summed E-state index contributed by atoms with van der Waals surface area (Å²) in [4.78, 5) is 25.7. The molecule has 2 aromatic carbocycles. The summed E-state index contributed by atoms with van der Waals surface area (Å²) in [5.41, 5.74) is -2.92. The van der Waals surface area contributed by atoms with Gasteiger partial charge in [-0.05, 0) is 37.3 Å². The van der Waals surface area contributed by atoms with Gasteiger partial charge in [0.05, 0.1) is 33.8 Å². The highest BCUT2D eigenvalue weighted by atomic mass is 32.2. The smallest absolute Gasteiger partial charge is 0.387 e. The van der Waals surface area contributed by atoms with Crippen molar-refractivity contribution in [2.75, 3.05) is 11.5 Å². The number of halogens is 5. The van der Waals surface area contributed by atoms with Crippen LogP contribution in [0.1, 0.15) is 23.6 Å². The van der Waals surface area contributed by atoms with Gasteiger partial charge in [0.25, 0.3) is 12.3 Å². The van der Waals surface area contributed by atoms with Crippen molar-refractivity contribution in [2.24, 2.45) is 0 Å². The first kappa shape index (κ1) is 24.7. The van der Waals surface area contributed by atoms with Crippen LogP contribution in [-0.4, -0.2) is 53.5 Å². The van der Waals surface area contributed by atoms with Gasteiger partial charge in [-0.2, -0.15) is 8.78 Å². The molecule has 1 aromatic heterocycles. The second-order valence-corrected chi connectivity index (χ2v) is 10.4. The van der Waals surface area contributed by atoms with E-state index in [1.54, 1.807) is 0 Å². The number of benzene rings is 2. The van der Waals surface area contributed by atoms with Crippen LogP contribution in [0.5, 0.6) is 5.75 Å². The van der Waals surface area contributed by atoms with E-state index in [9.17, 15) is 40.0 Å². The monoisotopic (exact) mass is 519 g/mol. The zero-order valence-electron chi connectivity index (χ0n) is 17.9. The highest BCUT2D eigenvalue weighted by Gasteiger charge is 2.45. The van der Waals surface area contributed by atoms with Crippen LogP contribution >= 0.6 is 0 Å². The van der Waals surface area contributed by atoms with Gasteiger partial charge in [0.15, 0.2) is 9.84 Å². The van der Waals surface area contributed by atoms with Gasteiger partial charge in [-0.3, -0.25) is 13.9 Å². The van der Waals surface area contributed by atoms with Crippen LogP contribution in [0.4, 0.5) is 22.0 Å². The summed E-state index contributed by atoms with van der Waals surface area (Å²) in [5, 5.41) is 2.54. The summed E-state index contributed by atoms with van der Waals surface area (Å²) in [6.07, 6.45) is -6.66. The van der Waals surface area contributed by atoms with E-state index in [-0.39, 0.29) is 44.1 Å². The maximum absolute atomic E-state index is 14.5. The summed E-state index contributed by atoms with van der Waals surface area (Å²) in [6.45, 7) is -1.65. The van der Waals surface area contributed by atoms with Crippen LogP contribution in [0.3, 0.4) is 0 Å². The minimum absolute atomic E-state index is 0.0669. The lowest BCUT2D eigenvalue weighted by atomic mass is 10.1. The molecule has 0 radical (unpaired) electrons. The number of hydrogen-bond acceptors (Lipinski definition) is 5. The molecule has 188 valence electrons. The molecule has 2 heterocycles. The third-order valence-electron chi connectivity index (χ3n) is 5.38. The van der Waals surface area contributed by atoms with Gasteiger partial charge in [0.2, 0.25) is 6.30 Å². The van der Waals surface area contributed by atoms with E-state index in [1.165, 1.54) is 37.3 Å². The Morgan fingerprint density at radius 3 is 2.34 bits per heavy atom. The number of hydrogen-bond donors (Lipinski definition) is 1. The van der Waals surface area contributed by atoms with Gasteiger partial charge in [-0.1, -0.05) is 6.07 Å². The number of imidazole rings is 1. The van der Waals surface area contributed by atoms with Gasteiger partial charge in [-0.25, -0.2) is 26.4 Å². The van der Waals surface area contributed by atoms with E-state index in [4.69, 9.17) is 0 Å². The number of nitrogens with one attached hydrogen (secondary N) is 1. The number of carbonyl (C=O) groups is 1. The molecular weight excluding hydrogens is 501 g/mol. The van der Waals surface area contributed by atoms with Crippen molar-refractivity contribution in [2.45, 2.75) is 31.8 Å². The van der Waals surface area contributed by atoms with Crippen LogP contribution in [0, 0.1) is 0 Å². The molecule has 0 aliphatic carbocycles. The Morgan fingerprint density at radius 1 is 1.06 bits per heavy atom. The molecule has 1 saturated heterocycles. The number of alkyl halides is 5. The highest BCUT2D eigenvalue weighted by Crippen LogP contribution is 2.28. The SMILES string of the molecule is CC1(NC(=O)c2ccc3c(c2)n(C(F)C(F)F)c(=O)n3-c2cccc(OC(F)F)c2)CS(=O)(=O)C1. The molecule has 0 saturated carbocycles. The standard InChI is InChI=1S/C21H18F5N3O5S/c1-21(9-35(32,33)10-21)27-18(30)11-5-6-14-15(7-11)29(17(24)16(22)23)20(31)28(14)12-3-2-4-13(8-12)34-19(25)26/h2-8,16-17,19H,9-10H2,1H3,(H,27,30). The van der Waals surface area contributed by atoms with Gasteiger partial charge in [-0.15, -0.1) is 0 Å². The maximum Gasteiger partial charge on any atom is 0.387 e. The zero-order chi connectivity index (χ0) is 25.7. The molecule has 1 aliphatic rings. The van der Waals surface area contributed by atoms with Crippen LogP contribution in [0.15, 0.2) is 47.3 Å². The quantitative estimate of drug-likeness (QED) is 0.484. The van der Waals surface area contributed by atoms with Crippen molar-refractivity contribution in [3.63, 3.8) is 0 Å². The molecule has 1 fully saturated rings. The summed E-state index contributed by atoms with van der Waals surface area (Å²) < 4.78 is 94.5. The first-order chi connectivity index (χ1) is 16.3. The van der Waals surface area contributed by atoms with E-state index >= 15 is 0 Å². The van der Waals surface area contributed by atoms with E-state index in [0.717, 1.165) is 16.7 Å². The predicted octanol–water partition coefficient (Wildman–Crippen LogP) is 3.04. The van der Waals surface area contributed by atoms with Crippen molar-refractivity contribution in [3.05, 3.63) is 58.5 Å². The Balaban J connectivity index is 1.82. The Kier molecular flexibility index (Phi) is 6.11. The Labute approximate surface area is 194 Å². The number of carbonyl (C=O) groups excluding carboxylic acids is 1. The molecule has 3 aromatic rings. The van der Waals surface area contributed by atoms with Crippen LogP contribution in [0.2, 0.25) is 0 Å². The van der Waals surface area contributed by atoms with Crippen LogP contribution < -0.4 is 15.7 Å². The molecule has 1 unspecified atom stereocenters. The normalized spacial score (nSPS) is 17.4.